The summed E-state index contributed by atoms with van der Waals surface area (Å²) in [6, 6.07) is 0.359. The maximum Gasteiger partial charge on any atom is 0.323 e. The van der Waals surface area contributed by atoms with Gasteiger partial charge in [0.25, 0.3) is 0 Å². The van der Waals surface area contributed by atoms with Gasteiger partial charge in [0.1, 0.15) is 5.54 Å². The van der Waals surface area contributed by atoms with Gasteiger partial charge in [0.2, 0.25) is 0 Å². The van der Waals surface area contributed by atoms with E-state index >= 15 is 0 Å². The van der Waals surface area contributed by atoms with Gasteiger partial charge < -0.3 is 15.2 Å². The van der Waals surface area contributed by atoms with Crippen LogP contribution in [0.5, 0.6) is 0 Å². The number of carboxylic acids is 1. The zero-order valence-electron chi connectivity index (χ0n) is 12.0. The van der Waals surface area contributed by atoms with E-state index in [9.17, 15) is 9.90 Å². The fourth-order valence-corrected chi connectivity index (χ4v) is 3.45. The molecule has 1 heterocycles. The van der Waals surface area contributed by atoms with Crippen LogP contribution in [0.2, 0.25) is 0 Å². The molecule has 19 heavy (non-hydrogen) atoms. The number of rotatable bonds is 6. The Morgan fingerprint density at radius 2 is 2.32 bits per heavy atom. The lowest BCUT2D eigenvalue weighted by Gasteiger charge is -2.31. The van der Waals surface area contributed by atoms with Crippen molar-refractivity contribution < 1.29 is 14.6 Å². The molecule has 1 saturated heterocycles. The predicted octanol–water partition coefficient (Wildman–Crippen LogP) is 1.08. The van der Waals surface area contributed by atoms with Gasteiger partial charge in [-0.2, -0.15) is 0 Å². The molecule has 2 rings (SSSR count). The highest BCUT2D eigenvalue weighted by Gasteiger charge is 2.46. The summed E-state index contributed by atoms with van der Waals surface area (Å²) in [5.74, 6) is -0.717. The molecule has 2 aliphatic rings. The van der Waals surface area contributed by atoms with Crippen molar-refractivity contribution in [1.29, 1.82) is 0 Å². The first-order valence-corrected chi connectivity index (χ1v) is 7.39. The number of ether oxygens (including phenoxy) is 1. The molecule has 110 valence electrons. The number of carboxylic acid groups (broad SMARTS) is 1. The molecule has 1 saturated carbocycles. The summed E-state index contributed by atoms with van der Waals surface area (Å²) in [6.45, 7) is 4.93. The number of carbonyl (C=O) groups is 1. The maximum absolute atomic E-state index is 11.4. The van der Waals surface area contributed by atoms with Gasteiger partial charge in [-0.1, -0.05) is 6.92 Å². The highest BCUT2D eigenvalue weighted by Crippen LogP contribution is 2.33. The van der Waals surface area contributed by atoms with E-state index in [4.69, 9.17) is 4.74 Å². The topological polar surface area (TPSA) is 61.8 Å². The van der Waals surface area contributed by atoms with Crippen LogP contribution in [0.1, 0.15) is 39.0 Å². The molecule has 5 heteroatoms. The van der Waals surface area contributed by atoms with Gasteiger partial charge in [0, 0.05) is 19.2 Å². The summed E-state index contributed by atoms with van der Waals surface area (Å²) < 4.78 is 5.70. The van der Waals surface area contributed by atoms with E-state index in [2.05, 4.69) is 17.1 Å². The highest BCUT2D eigenvalue weighted by molar-refractivity contribution is 5.79. The molecular weight excluding hydrogens is 244 g/mol. The first kappa shape index (κ1) is 14.8. The Bertz CT molecular complexity index is 318. The molecule has 2 fully saturated rings. The number of hydrogen-bond acceptors (Lipinski definition) is 4. The third kappa shape index (κ3) is 3.09. The van der Waals surface area contributed by atoms with Crippen LogP contribution in [0.4, 0.5) is 0 Å². The van der Waals surface area contributed by atoms with Crippen molar-refractivity contribution in [2.24, 2.45) is 0 Å². The fourth-order valence-electron chi connectivity index (χ4n) is 3.45. The minimum Gasteiger partial charge on any atom is -0.480 e. The average Bonchev–Trinajstić information content (AvgIpc) is 3.05. The molecule has 5 nitrogen and oxygen atoms in total. The van der Waals surface area contributed by atoms with Crippen LogP contribution in [0.25, 0.3) is 0 Å². The summed E-state index contributed by atoms with van der Waals surface area (Å²) >= 11 is 0. The van der Waals surface area contributed by atoms with Crippen molar-refractivity contribution in [2.75, 3.05) is 26.7 Å². The molecular formula is C14H26N2O3. The fraction of sp³-hybridized carbons (Fsp3) is 0.929. The first-order chi connectivity index (χ1) is 9.11. The molecule has 0 amide bonds. The van der Waals surface area contributed by atoms with Crippen LogP contribution in [-0.4, -0.2) is 60.4 Å². The third-order valence-corrected chi connectivity index (χ3v) is 4.76. The summed E-state index contributed by atoms with van der Waals surface area (Å²) in [5.41, 5.74) is -0.728. The van der Waals surface area contributed by atoms with Gasteiger partial charge in [-0.3, -0.25) is 9.69 Å². The van der Waals surface area contributed by atoms with E-state index in [0.717, 1.165) is 39.0 Å². The van der Waals surface area contributed by atoms with Gasteiger partial charge in [0.15, 0.2) is 0 Å². The summed E-state index contributed by atoms with van der Waals surface area (Å²) in [4.78, 5) is 13.9. The quantitative estimate of drug-likeness (QED) is 0.756. The van der Waals surface area contributed by atoms with E-state index in [-0.39, 0.29) is 0 Å². The van der Waals surface area contributed by atoms with Crippen molar-refractivity contribution in [1.82, 2.24) is 10.2 Å². The average molecular weight is 270 g/mol. The second-order valence-corrected chi connectivity index (χ2v) is 5.76. The van der Waals surface area contributed by atoms with E-state index in [1.54, 1.807) is 7.05 Å². The van der Waals surface area contributed by atoms with E-state index in [1.807, 2.05) is 0 Å². The largest absolute Gasteiger partial charge is 0.480 e. The van der Waals surface area contributed by atoms with Crippen LogP contribution in [0, 0.1) is 0 Å². The van der Waals surface area contributed by atoms with E-state index in [1.165, 1.54) is 0 Å². The second kappa shape index (κ2) is 6.20. The minimum atomic E-state index is -0.728. The molecule has 3 unspecified atom stereocenters. The van der Waals surface area contributed by atoms with E-state index < -0.39 is 11.5 Å². The number of aliphatic carboxylic acids is 1. The van der Waals surface area contributed by atoms with E-state index in [0.29, 0.717) is 25.0 Å². The zero-order valence-corrected chi connectivity index (χ0v) is 12.0. The van der Waals surface area contributed by atoms with Gasteiger partial charge in [-0.05, 0) is 45.7 Å². The van der Waals surface area contributed by atoms with Crippen LogP contribution < -0.4 is 5.32 Å². The van der Waals surface area contributed by atoms with Gasteiger partial charge in [-0.15, -0.1) is 0 Å². The molecule has 0 spiro atoms. The van der Waals surface area contributed by atoms with Gasteiger partial charge >= 0.3 is 5.97 Å². The van der Waals surface area contributed by atoms with Crippen molar-refractivity contribution in [2.45, 2.75) is 56.7 Å². The highest BCUT2D eigenvalue weighted by atomic mass is 16.5. The lowest BCUT2D eigenvalue weighted by Crippen LogP contribution is -2.50. The molecule has 1 aliphatic heterocycles. The number of nitrogens with zero attached hydrogens (tertiary/aromatic N) is 1. The minimum absolute atomic E-state index is 0.342. The lowest BCUT2D eigenvalue weighted by molar-refractivity contribution is -0.144. The molecule has 0 aromatic rings. The molecule has 0 aromatic heterocycles. The van der Waals surface area contributed by atoms with Crippen molar-refractivity contribution >= 4 is 5.97 Å². The Balaban J connectivity index is 1.94. The maximum atomic E-state index is 11.4. The van der Waals surface area contributed by atoms with Crippen molar-refractivity contribution in [3.8, 4) is 0 Å². The summed E-state index contributed by atoms with van der Waals surface area (Å²) in [7, 11) is 1.76. The Labute approximate surface area is 115 Å². The van der Waals surface area contributed by atoms with Crippen LogP contribution in [-0.2, 0) is 9.53 Å². The number of hydrogen-bond donors (Lipinski definition) is 2. The molecule has 0 aromatic carbocycles. The molecule has 1 aliphatic carbocycles. The molecule has 3 atom stereocenters. The standard InChI is InChI=1S/C14H26N2O3/c1-3-16(10-12-5-4-8-19-12)11-6-7-14(9-11,15-2)13(17)18/h11-12,15H,3-10H2,1-2H3,(H,17,18). The number of likely N-dealkylation sites (N-methyl/N-ethyl adjacent to an activating group) is 2. The van der Waals surface area contributed by atoms with Crippen LogP contribution in [0.15, 0.2) is 0 Å². The molecule has 2 N–H and O–H groups in total. The smallest absolute Gasteiger partial charge is 0.323 e. The predicted molar refractivity (Wildman–Crippen MR) is 73.3 cm³/mol. The van der Waals surface area contributed by atoms with Crippen molar-refractivity contribution in [3.63, 3.8) is 0 Å². The normalized spacial score (nSPS) is 35.1. The number of nitrogens with one attached hydrogen (secondary N) is 1. The summed E-state index contributed by atoms with van der Waals surface area (Å²) in [5, 5.41) is 12.4. The Morgan fingerprint density at radius 3 is 2.79 bits per heavy atom. The third-order valence-electron chi connectivity index (χ3n) is 4.76. The Hall–Kier alpha value is -0.650. The Kier molecular flexibility index (Phi) is 4.81. The van der Waals surface area contributed by atoms with Crippen LogP contribution >= 0.6 is 0 Å². The zero-order chi connectivity index (χ0) is 13.9. The first-order valence-electron chi connectivity index (χ1n) is 7.39. The lowest BCUT2D eigenvalue weighted by atomic mass is 9.97. The Morgan fingerprint density at radius 1 is 1.53 bits per heavy atom. The van der Waals surface area contributed by atoms with Gasteiger partial charge in [0.05, 0.1) is 6.10 Å². The van der Waals surface area contributed by atoms with Crippen molar-refractivity contribution in [3.05, 3.63) is 0 Å². The summed E-state index contributed by atoms with van der Waals surface area (Å²) in [6.07, 6.45) is 5.00. The monoisotopic (exact) mass is 270 g/mol. The van der Waals surface area contributed by atoms with Gasteiger partial charge in [-0.25, -0.2) is 0 Å². The van der Waals surface area contributed by atoms with Crippen LogP contribution in [0.3, 0.4) is 0 Å². The molecule has 0 bridgehead atoms. The SMILES string of the molecule is CCN(CC1CCCO1)C1CCC(NC)(C(=O)O)C1. The molecule has 0 radical (unpaired) electrons. The second-order valence-electron chi connectivity index (χ2n) is 5.76.